The predicted molar refractivity (Wildman–Crippen MR) is 93.6 cm³/mol. The van der Waals surface area contributed by atoms with Crippen LogP contribution in [0.25, 0.3) is 10.9 Å². The Hall–Kier alpha value is -1.99. The normalized spacial score (nSPS) is 12.1. The van der Waals surface area contributed by atoms with Gasteiger partial charge in [-0.25, -0.2) is 9.97 Å². The first-order valence-electron chi connectivity index (χ1n) is 6.99. The molecule has 3 aromatic rings. The minimum Gasteiger partial charge on any atom is -0.467 e. The van der Waals surface area contributed by atoms with Gasteiger partial charge in [0.15, 0.2) is 6.61 Å². The number of hydrogen-bond acceptors (Lipinski definition) is 5. The number of amides is 1. The Kier molecular flexibility index (Phi) is 4.88. The zero-order valence-electron chi connectivity index (χ0n) is 12.3. The Bertz CT molecular complexity index is 823. The largest absolute Gasteiger partial charge is 0.467 e. The Labute approximate surface area is 145 Å². The highest BCUT2D eigenvalue weighted by atomic mass is 79.9. The topological polar surface area (TPSA) is 64.1 Å². The lowest BCUT2D eigenvalue weighted by Crippen LogP contribution is -2.31. The maximum absolute atomic E-state index is 12.0. The Balaban J connectivity index is 1.66. The Morgan fingerprint density at radius 1 is 1.39 bits per heavy atom. The molecule has 118 valence electrons. The van der Waals surface area contributed by atoms with Crippen molar-refractivity contribution >= 4 is 44.1 Å². The maximum atomic E-state index is 12.0. The third-order valence-electron chi connectivity index (χ3n) is 3.25. The van der Waals surface area contributed by atoms with Gasteiger partial charge in [-0.15, -0.1) is 11.3 Å². The van der Waals surface area contributed by atoms with Crippen molar-refractivity contribution in [1.82, 2.24) is 15.3 Å². The van der Waals surface area contributed by atoms with E-state index in [0.717, 1.165) is 20.3 Å². The SMILES string of the molecule is CC(NC(=O)COc1ncnc2ccc(Br)cc12)c1cccs1. The van der Waals surface area contributed by atoms with E-state index < -0.39 is 0 Å². The van der Waals surface area contributed by atoms with Crippen molar-refractivity contribution in [2.45, 2.75) is 13.0 Å². The summed E-state index contributed by atoms with van der Waals surface area (Å²) in [6, 6.07) is 9.55. The highest BCUT2D eigenvalue weighted by Gasteiger charge is 2.12. The van der Waals surface area contributed by atoms with Crippen LogP contribution in [0, 0.1) is 0 Å². The standard InChI is InChI=1S/C16H14BrN3O2S/c1-10(14-3-2-6-23-14)20-15(21)8-22-16-12-7-11(17)4-5-13(12)18-9-19-16/h2-7,9-10H,8H2,1H3,(H,20,21). The zero-order valence-corrected chi connectivity index (χ0v) is 14.7. The van der Waals surface area contributed by atoms with Gasteiger partial charge < -0.3 is 10.1 Å². The summed E-state index contributed by atoms with van der Waals surface area (Å²) in [5, 5.41) is 5.66. The molecule has 1 amide bonds. The van der Waals surface area contributed by atoms with Crippen LogP contribution in [-0.4, -0.2) is 22.5 Å². The first-order valence-corrected chi connectivity index (χ1v) is 8.66. The molecule has 2 aromatic heterocycles. The molecule has 0 aliphatic heterocycles. The van der Waals surface area contributed by atoms with Crippen LogP contribution in [0.3, 0.4) is 0 Å². The molecule has 0 radical (unpaired) electrons. The second-order valence-electron chi connectivity index (χ2n) is 4.93. The molecule has 0 aliphatic carbocycles. The lowest BCUT2D eigenvalue weighted by Gasteiger charge is -2.13. The van der Waals surface area contributed by atoms with E-state index in [-0.39, 0.29) is 18.6 Å². The zero-order chi connectivity index (χ0) is 16.2. The van der Waals surface area contributed by atoms with Crippen molar-refractivity contribution in [3.8, 4) is 5.88 Å². The van der Waals surface area contributed by atoms with E-state index in [1.54, 1.807) is 11.3 Å². The molecule has 1 atom stereocenters. The molecular weight excluding hydrogens is 378 g/mol. The van der Waals surface area contributed by atoms with Crippen molar-refractivity contribution in [2.24, 2.45) is 0 Å². The number of nitrogens with zero attached hydrogens (tertiary/aromatic N) is 2. The molecule has 0 fully saturated rings. The molecule has 23 heavy (non-hydrogen) atoms. The first kappa shape index (κ1) is 15.9. The van der Waals surface area contributed by atoms with Crippen molar-refractivity contribution in [3.63, 3.8) is 0 Å². The number of thiophene rings is 1. The molecule has 0 bridgehead atoms. The second-order valence-corrected chi connectivity index (χ2v) is 6.83. The van der Waals surface area contributed by atoms with Gasteiger partial charge in [-0.2, -0.15) is 0 Å². The molecule has 0 spiro atoms. The number of aromatic nitrogens is 2. The molecule has 2 heterocycles. The summed E-state index contributed by atoms with van der Waals surface area (Å²) in [5.74, 6) is 0.211. The molecule has 0 saturated heterocycles. The minimum absolute atomic E-state index is 0.0395. The summed E-state index contributed by atoms with van der Waals surface area (Å²) in [5.41, 5.74) is 0.769. The van der Waals surface area contributed by atoms with E-state index in [2.05, 4.69) is 31.2 Å². The van der Waals surface area contributed by atoms with Crippen LogP contribution in [-0.2, 0) is 4.79 Å². The van der Waals surface area contributed by atoms with Gasteiger partial charge in [-0.05, 0) is 36.6 Å². The summed E-state index contributed by atoms with van der Waals surface area (Å²) in [6.07, 6.45) is 1.43. The fraction of sp³-hybridized carbons (Fsp3) is 0.188. The number of carbonyl (C=O) groups is 1. The molecule has 5 nitrogen and oxygen atoms in total. The van der Waals surface area contributed by atoms with Crippen LogP contribution in [0.5, 0.6) is 5.88 Å². The van der Waals surface area contributed by atoms with Crippen LogP contribution >= 0.6 is 27.3 Å². The highest BCUT2D eigenvalue weighted by Crippen LogP contribution is 2.25. The smallest absolute Gasteiger partial charge is 0.258 e. The maximum Gasteiger partial charge on any atom is 0.258 e. The van der Waals surface area contributed by atoms with Gasteiger partial charge >= 0.3 is 0 Å². The third kappa shape index (κ3) is 3.86. The van der Waals surface area contributed by atoms with E-state index in [1.807, 2.05) is 42.6 Å². The molecule has 0 aliphatic rings. The lowest BCUT2D eigenvalue weighted by atomic mass is 10.2. The Morgan fingerprint density at radius 2 is 2.26 bits per heavy atom. The number of fused-ring (bicyclic) bond motifs is 1. The second kappa shape index (κ2) is 7.06. The van der Waals surface area contributed by atoms with Gasteiger partial charge in [-0.1, -0.05) is 22.0 Å². The quantitative estimate of drug-likeness (QED) is 0.719. The number of hydrogen-bond donors (Lipinski definition) is 1. The summed E-state index contributed by atoms with van der Waals surface area (Å²) >= 11 is 5.02. The van der Waals surface area contributed by atoms with Gasteiger partial charge in [0, 0.05) is 9.35 Å². The molecule has 3 rings (SSSR count). The third-order valence-corrected chi connectivity index (χ3v) is 4.80. The van der Waals surface area contributed by atoms with E-state index in [1.165, 1.54) is 6.33 Å². The van der Waals surface area contributed by atoms with Crippen molar-refractivity contribution in [1.29, 1.82) is 0 Å². The number of ether oxygens (including phenoxy) is 1. The van der Waals surface area contributed by atoms with E-state index in [0.29, 0.717) is 5.88 Å². The molecule has 1 N–H and O–H groups in total. The number of nitrogens with one attached hydrogen (secondary N) is 1. The fourth-order valence-corrected chi connectivity index (χ4v) is 3.24. The number of halogens is 1. The van der Waals surface area contributed by atoms with Gasteiger partial charge in [0.25, 0.3) is 5.91 Å². The average molecular weight is 392 g/mol. The summed E-state index contributed by atoms with van der Waals surface area (Å²) in [6.45, 7) is 1.86. The van der Waals surface area contributed by atoms with E-state index >= 15 is 0 Å². The fourth-order valence-electron chi connectivity index (χ4n) is 2.15. The van der Waals surface area contributed by atoms with E-state index in [4.69, 9.17) is 4.74 Å². The molecule has 7 heteroatoms. The number of benzene rings is 1. The van der Waals surface area contributed by atoms with Gasteiger partial charge in [0.05, 0.1) is 16.9 Å². The van der Waals surface area contributed by atoms with Crippen LogP contribution in [0.2, 0.25) is 0 Å². The van der Waals surface area contributed by atoms with Crippen molar-refractivity contribution in [2.75, 3.05) is 6.61 Å². The predicted octanol–water partition coefficient (Wildman–Crippen LogP) is 3.71. The number of carbonyl (C=O) groups excluding carboxylic acids is 1. The molecule has 0 saturated carbocycles. The van der Waals surface area contributed by atoms with Crippen molar-refractivity contribution < 1.29 is 9.53 Å². The summed E-state index contributed by atoms with van der Waals surface area (Å²) < 4.78 is 6.48. The van der Waals surface area contributed by atoms with Crippen LogP contribution in [0.15, 0.2) is 46.5 Å². The summed E-state index contributed by atoms with van der Waals surface area (Å²) in [7, 11) is 0. The summed E-state index contributed by atoms with van der Waals surface area (Å²) in [4.78, 5) is 21.4. The monoisotopic (exact) mass is 391 g/mol. The lowest BCUT2D eigenvalue weighted by molar-refractivity contribution is -0.123. The Morgan fingerprint density at radius 3 is 3.04 bits per heavy atom. The molecule has 1 unspecified atom stereocenters. The van der Waals surface area contributed by atoms with Gasteiger partial charge in [0.2, 0.25) is 5.88 Å². The van der Waals surface area contributed by atoms with Crippen LogP contribution < -0.4 is 10.1 Å². The van der Waals surface area contributed by atoms with Crippen LogP contribution in [0.1, 0.15) is 17.8 Å². The van der Waals surface area contributed by atoms with E-state index in [9.17, 15) is 4.79 Å². The molecular formula is C16H14BrN3O2S. The van der Waals surface area contributed by atoms with Crippen molar-refractivity contribution in [3.05, 3.63) is 51.4 Å². The molecule has 1 aromatic carbocycles. The van der Waals surface area contributed by atoms with Gasteiger partial charge in [0.1, 0.15) is 6.33 Å². The van der Waals surface area contributed by atoms with Crippen LogP contribution in [0.4, 0.5) is 0 Å². The highest BCUT2D eigenvalue weighted by molar-refractivity contribution is 9.10. The van der Waals surface area contributed by atoms with Gasteiger partial charge in [-0.3, -0.25) is 4.79 Å². The minimum atomic E-state index is -0.187. The first-order chi connectivity index (χ1) is 11.1. The number of rotatable bonds is 5. The average Bonchev–Trinajstić information content (AvgIpc) is 3.07.